The Hall–Kier alpha value is -1.75. The maximum Gasteiger partial charge on any atom is 0.162 e. The third-order valence-electron chi connectivity index (χ3n) is 3.20. The smallest absolute Gasteiger partial charge is 0.162 e. The topological polar surface area (TPSA) is 52.2 Å². The molecule has 2 aromatic heterocycles. The Labute approximate surface area is 113 Å². The summed E-state index contributed by atoms with van der Waals surface area (Å²) in [5, 5.41) is 7.76. The zero-order chi connectivity index (χ0) is 13.8. The molecule has 2 aromatic rings. The molecule has 0 saturated heterocycles. The first-order chi connectivity index (χ1) is 9.19. The van der Waals surface area contributed by atoms with E-state index in [-0.39, 0.29) is 6.04 Å². The van der Waals surface area contributed by atoms with Crippen LogP contribution >= 0.6 is 0 Å². The van der Waals surface area contributed by atoms with Crippen LogP contribution in [0.4, 0.5) is 0 Å². The first kappa shape index (κ1) is 13.7. The van der Waals surface area contributed by atoms with Crippen molar-refractivity contribution < 1.29 is 9.15 Å². The van der Waals surface area contributed by atoms with Gasteiger partial charge in [0, 0.05) is 7.05 Å². The molecule has 104 valence electrons. The highest BCUT2D eigenvalue weighted by molar-refractivity contribution is 5.35. The lowest BCUT2D eigenvalue weighted by Crippen LogP contribution is -2.26. The molecule has 2 heterocycles. The molecule has 0 saturated carbocycles. The third kappa shape index (κ3) is 2.66. The van der Waals surface area contributed by atoms with Crippen molar-refractivity contribution >= 4 is 0 Å². The van der Waals surface area contributed by atoms with E-state index in [0.717, 1.165) is 35.7 Å². The number of methoxy groups -OCH3 is 1. The number of furan rings is 1. The molecular weight excluding hydrogens is 242 g/mol. The van der Waals surface area contributed by atoms with Crippen LogP contribution in [0.5, 0.6) is 5.75 Å². The average molecular weight is 263 g/mol. The first-order valence-corrected chi connectivity index (χ1v) is 6.52. The van der Waals surface area contributed by atoms with Crippen LogP contribution in [0.25, 0.3) is 0 Å². The highest BCUT2D eigenvalue weighted by Gasteiger charge is 2.25. The van der Waals surface area contributed by atoms with Gasteiger partial charge in [0.2, 0.25) is 0 Å². The predicted octanol–water partition coefficient (Wildman–Crippen LogP) is 2.42. The minimum atomic E-state index is -0.0441. The van der Waals surface area contributed by atoms with Crippen molar-refractivity contribution in [1.82, 2.24) is 15.1 Å². The highest BCUT2D eigenvalue weighted by atomic mass is 16.5. The Balaban J connectivity index is 2.42. The van der Waals surface area contributed by atoms with Crippen LogP contribution in [0.1, 0.15) is 36.4 Å². The maximum absolute atomic E-state index is 5.64. The summed E-state index contributed by atoms with van der Waals surface area (Å²) >= 11 is 0. The van der Waals surface area contributed by atoms with Crippen molar-refractivity contribution in [2.45, 2.75) is 26.3 Å². The standard InChI is InChI=1S/C14H21N3O2/c1-5-7-15-12(14-10(2)6-8-19-14)13-11(18-4)9-16-17(13)3/h6,8-9,12,15H,5,7H2,1-4H3. The molecule has 1 atom stereocenters. The first-order valence-electron chi connectivity index (χ1n) is 6.52. The van der Waals surface area contributed by atoms with Gasteiger partial charge in [0.25, 0.3) is 0 Å². The van der Waals surface area contributed by atoms with Crippen molar-refractivity contribution in [3.8, 4) is 5.75 Å². The Morgan fingerprint density at radius 3 is 2.89 bits per heavy atom. The van der Waals surface area contributed by atoms with Gasteiger partial charge in [-0.15, -0.1) is 0 Å². The number of hydrogen-bond acceptors (Lipinski definition) is 4. The zero-order valence-electron chi connectivity index (χ0n) is 11.9. The molecule has 5 nitrogen and oxygen atoms in total. The lowest BCUT2D eigenvalue weighted by atomic mass is 10.1. The molecular formula is C14H21N3O2. The monoisotopic (exact) mass is 263 g/mol. The summed E-state index contributed by atoms with van der Waals surface area (Å²) in [4.78, 5) is 0. The molecule has 0 aromatic carbocycles. The number of aryl methyl sites for hydroxylation is 2. The molecule has 0 amide bonds. The summed E-state index contributed by atoms with van der Waals surface area (Å²) in [6.07, 6.45) is 4.50. The van der Waals surface area contributed by atoms with E-state index in [4.69, 9.17) is 9.15 Å². The van der Waals surface area contributed by atoms with E-state index in [0.29, 0.717) is 0 Å². The molecule has 0 fully saturated rings. The second-order valence-electron chi connectivity index (χ2n) is 4.58. The predicted molar refractivity (Wildman–Crippen MR) is 73.3 cm³/mol. The van der Waals surface area contributed by atoms with Crippen LogP contribution in [0.3, 0.4) is 0 Å². The molecule has 1 unspecified atom stereocenters. The van der Waals surface area contributed by atoms with Crippen molar-refractivity contribution in [1.29, 1.82) is 0 Å². The van der Waals surface area contributed by atoms with E-state index in [1.807, 2.05) is 24.7 Å². The van der Waals surface area contributed by atoms with Gasteiger partial charge < -0.3 is 14.5 Å². The summed E-state index contributed by atoms with van der Waals surface area (Å²) < 4.78 is 12.9. The highest BCUT2D eigenvalue weighted by Crippen LogP contribution is 2.31. The second kappa shape index (κ2) is 5.93. The Bertz CT molecular complexity index is 531. The van der Waals surface area contributed by atoms with Gasteiger partial charge in [-0.25, -0.2) is 0 Å². The van der Waals surface area contributed by atoms with E-state index < -0.39 is 0 Å². The number of rotatable bonds is 6. The van der Waals surface area contributed by atoms with Crippen LogP contribution in [0.2, 0.25) is 0 Å². The van der Waals surface area contributed by atoms with E-state index >= 15 is 0 Å². The van der Waals surface area contributed by atoms with Gasteiger partial charge in [0.1, 0.15) is 17.5 Å². The molecule has 0 aliphatic heterocycles. The molecule has 0 bridgehead atoms. The van der Waals surface area contributed by atoms with Crippen LogP contribution in [-0.4, -0.2) is 23.4 Å². The van der Waals surface area contributed by atoms with Crippen LogP contribution in [-0.2, 0) is 7.05 Å². The lowest BCUT2D eigenvalue weighted by Gasteiger charge is -2.19. The van der Waals surface area contributed by atoms with Gasteiger partial charge >= 0.3 is 0 Å². The molecule has 0 radical (unpaired) electrons. The summed E-state index contributed by atoms with van der Waals surface area (Å²) in [7, 11) is 3.57. The summed E-state index contributed by atoms with van der Waals surface area (Å²) in [5.74, 6) is 1.68. The summed E-state index contributed by atoms with van der Waals surface area (Å²) in [6.45, 7) is 5.08. The molecule has 19 heavy (non-hydrogen) atoms. The number of ether oxygens (including phenoxy) is 1. The van der Waals surface area contributed by atoms with Crippen molar-refractivity contribution in [2.75, 3.05) is 13.7 Å². The van der Waals surface area contributed by atoms with Gasteiger partial charge in [-0.3, -0.25) is 4.68 Å². The SMILES string of the molecule is CCCNC(c1occc1C)c1c(OC)cnn1C. The fourth-order valence-corrected chi connectivity index (χ4v) is 2.20. The van der Waals surface area contributed by atoms with E-state index in [1.165, 1.54) is 0 Å². The summed E-state index contributed by atoms with van der Waals surface area (Å²) in [5.41, 5.74) is 2.10. The van der Waals surface area contributed by atoms with Crippen LogP contribution < -0.4 is 10.1 Å². The number of aromatic nitrogens is 2. The molecule has 2 rings (SSSR count). The minimum Gasteiger partial charge on any atom is -0.493 e. The minimum absolute atomic E-state index is 0.0441. The molecule has 0 aliphatic rings. The molecule has 0 spiro atoms. The molecule has 0 aliphatic carbocycles. The Kier molecular flexibility index (Phi) is 4.27. The fraction of sp³-hybridized carbons (Fsp3) is 0.500. The fourth-order valence-electron chi connectivity index (χ4n) is 2.20. The van der Waals surface area contributed by atoms with E-state index in [1.54, 1.807) is 19.6 Å². The maximum atomic E-state index is 5.64. The van der Waals surface area contributed by atoms with Gasteiger partial charge in [-0.1, -0.05) is 6.92 Å². The number of nitrogens with one attached hydrogen (secondary N) is 1. The molecule has 5 heteroatoms. The van der Waals surface area contributed by atoms with E-state index in [2.05, 4.69) is 17.3 Å². The van der Waals surface area contributed by atoms with Crippen molar-refractivity contribution in [2.24, 2.45) is 7.05 Å². The van der Waals surface area contributed by atoms with Gasteiger partial charge in [0.15, 0.2) is 5.75 Å². The normalized spacial score (nSPS) is 12.6. The lowest BCUT2D eigenvalue weighted by molar-refractivity contribution is 0.384. The zero-order valence-corrected chi connectivity index (χ0v) is 11.9. The third-order valence-corrected chi connectivity index (χ3v) is 3.20. The van der Waals surface area contributed by atoms with E-state index in [9.17, 15) is 0 Å². The second-order valence-corrected chi connectivity index (χ2v) is 4.58. The molecule has 1 N–H and O–H groups in total. The van der Waals surface area contributed by atoms with Crippen molar-refractivity contribution in [3.63, 3.8) is 0 Å². The van der Waals surface area contributed by atoms with Gasteiger partial charge in [0.05, 0.1) is 19.6 Å². The van der Waals surface area contributed by atoms with Crippen molar-refractivity contribution in [3.05, 3.63) is 35.5 Å². The average Bonchev–Trinajstić information content (AvgIpc) is 2.98. The Morgan fingerprint density at radius 1 is 1.53 bits per heavy atom. The summed E-state index contributed by atoms with van der Waals surface area (Å²) in [6, 6.07) is 1.93. The Morgan fingerprint density at radius 2 is 2.32 bits per heavy atom. The quantitative estimate of drug-likeness (QED) is 0.869. The number of hydrogen-bond donors (Lipinski definition) is 1. The largest absolute Gasteiger partial charge is 0.493 e. The van der Waals surface area contributed by atoms with Gasteiger partial charge in [-0.2, -0.15) is 5.10 Å². The van der Waals surface area contributed by atoms with Crippen LogP contribution in [0, 0.1) is 6.92 Å². The van der Waals surface area contributed by atoms with Crippen LogP contribution in [0.15, 0.2) is 22.9 Å². The number of nitrogens with zero attached hydrogens (tertiary/aromatic N) is 2. The van der Waals surface area contributed by atoms with Gasteiger partial charge in [-0.05, 0) is 31.5 Å².